The first-order valence-electron chi connectivity index (χ1n) is 8.65. The molecule has 0 bridgehead atoms. The van der Waals surface area contributed by atoms with Gasteiger partial charge in [0.05, 0.1) is 5.69 Å². The molecule has 0 unspecified atom stereocenters. The first-order valence-corrected chi connectivity index (χ1v) is 8.65. The predicted molar refractivity (Wildman–Crippen MR) is 97.2 cm³/mol. The number of carbonyl (C=O) groups is 1. The van der Waals surface area contributed by atoms with E-state index in [-0.39, 0.29) is 23.8 Å². The Morgan fingerprint density at radius 3 is 2.81 bits per heavy atom. The molecule has 1 aliphatic rings. The van der Waals surface area contributed by atoms with Crippen LogP contribution in [0.2, 0.25) is 0 Å². The number of likely N-dealkylation sites (tertiary alicyclic amines) is 1. The van der Waals surface area contributed by atoms with E-state index in [0.717, 1.165) is 19.4 Å². The third kappa shape index (κ3) is 4.02. The minimum atomic E-state index is -0.633. The summed E-state index contributed by atoms with van der Waals surface area (Å²) >= 11 is 0. The van der Waals surface area contributed by atoms with Crippen molar-refractivity contribution in [1.82, 2.24) is 4.90 Å². The van der Waals surface area contributed by atoms with Crippen molar-refractivity contribution < 1.29 is 18.3 Å². The molecule has 4 nitrogen and oxygen atoms in total. The molecule has 0 aliphatic carbocycles. The Morgan fingerprint density at radius 1 is 1.27 bits per heavy atom. The van der Waals surface area contributed by atoms with Crippen LogP contribution in [0.3, 0.4) is 0 Å². The van der Waals surface area contributed by atoms with Gasteiger partial charge < -0.3 is 9.64 Å². The summed E-state index contributed by atoms with van der Waals surface area (Å²) in [6.45, 7) is 2.92. The number of ether oxygens (including phenoxy) is 1. The Labute approximate surface area is 151 Å². The molecule has 26 heavy (non-hydrogen) atoms. The molecule has 1 aliphatic heterocycles. The second kappa shape index (κ2) is 7.83. The largest absolute Gasteiger partial charge is 0.448 e. The van der Waals surface area contributed by atoms with Crippen LogP contribution in [0.15, 0.2) is 36.4 Å². The van der Waals surface area contributed by atoms with E-state index in [2.05, 4.69) is 10.2 Å². The van der Waals surface area contributed by atoms with Gasteiger partial charge in [0.2, 0.25) is 0 Å². The predicted octanol–water partition coefficient (Wildman–Crippen LogP) is 4.58. The van der Waals surface area contributed by atoms with Crippen LogP contribution >= 0.6 is 0 Å². The minimum Gasteiger partial charge on any atom is -0.448 e. The molecule has 1 atom stereocenters. The molecule has 1 fully saturated rings. The van der Waals surface area contributed by atoms with Crippen molar-refractivity contribution in [1.29, 1.82) is 0 Å². The Balaban J connectivity index is 1.77. The zero-order chi connectivity index (χ0) is 18.7. The zero-order valence-electron chi connectivity index (χ0n) is 14.9. The maximum absolute atomic E-state index is 14.5. The third-order valence-corrected chi connectivity index (χ3v) is 4.78. The fourth-order valence-electron chi connectivity index (χ4n) is 3.21. The fraction of sp³-hybridized carbons (Fsp3) is 0.350. The quantitative estimate of drug-likeness (QED) is 0.868. The molecule has 3 rings (SSSR count). The van der Waals surface area contributed by atoms with Gasteiger partial charge in [-0.1, -0.05) is 18.2 Å². The highest BCUT2D eigenvalue weighted by Crippen LogP contribution is 2.32. The topological polar surface area (TPSA) is 41.6 Å². The summed E-state index contributed by atoms with van der Waals surface area (Å²) in [5.74, 6) is -0.950. The van der Waals surface area contributed by atoms with E-state index in [9.17, 15) is 13.6 Å². The maximum atomic E-state index is 14.5. The van der Waals surface area contributed by atoms with Gasteiger partial charge in [-0.05, 0) is 57.1 Å². The summed E-state index contributed by atoms with van der Waals surface area (Å²) in [5.41, 5.74) is 1.27. The lowest BCUT2D eigenvalue weighted by Crippen LogP contribution is -2.31. The molecule has 6 heteroatoms. The monoisotopic (exact) mass is 360 g/mol. The number of halogens is 2. The van der Waals surface area contributed by atoms with Crippen LogP contribution in [0.25, 0.3) is 11.1 Å². The lowest BCUT2D eigenvalue weighted by atomic mass is 10.0. The number of rotatable bonds is 4. The highest BCUT2D eigenvalue weighted by Gasteiger charge is 2.22. The van der Waals surface area contributed by atoms with Gasteiger partial charge in [0.1, 0.15) is 18.2 Å². The summed E-state index contributed by atoms with van der Waals surface area (Å²) in [7, 11) is 2.00. The van der Waals surface area contributed by atoms with E-state index in [1.807, 2.05) is 7.05 Å². The number of aryl methyl sites for hydroxylation is 1. The van der Waals surface area contributed by atoms with Crippen LogP contribution in [-0.2, 0) is 4.74 Å². The summed E-state index contributed by atoms with van der Waals surface area (Å²) in [4.78, 5) is 14.3. The van der Waals surface area contributed by atoms with Crippen LogP contribution in [0.4, 0.5) is 19.3 Å². The van der Waals surface area contributed by atoms with Crippen LogP contribution in [-0.4, -0.2) is 37.2 Å². The zero-order valence-corrected chi connectivity index (χ0v) is 14.9. The van der Waals surface area contributed by atoms with Gasteiger partial charge in [0.25, 0.3) is 0 Å². The first-order chi connectivity index (χ1) is 12.5. The van der Waals surface area contributed by atoms with E-state index in [0.29, 0.717) is 11.3 Å². The molecular weight excluding hydrogens is 338 g/mol. The van der Waals surface area contributed by atoms with Crippen molar-refractivity contribution >= 4 is 11.8 Å². The molecule has 0 radical (unpaired) electrons. The van der Waals surface area contributed by atoms with Crippen molar-refractivity contribution in [3.8, 4) is 11.1 Å². The number of hydrogen-bond donors (Lipinski definition) is 1. The molecule has 138 valence electrons. The van der Waals surface area contributed by atoms with Gasteiger partial charge in [0.15, 0.2) is 0 Å². The van der Waals surface area contributed by atoms with E-state index in [1.54, 1.807) is 25.1 Å². The lowest BCUT2D eigenvalue weighted by molar-refractivity contribution is 0.127. The number of anilines is 1. The summed E-state index contributed by atoms with van der Waals surface area (Å²) in [5, 5.41) is 2.61. The van der Waals surface area contributed by atoms with Crippen LogP contribution in [0, 0.1) is 18.6 Å². The highest BCUT2D eigenvalue weighted by atomic mass is 19.1. The molecule has 1 saturated heterocycles. The van der Waals surface area contributed by atoms with E-state index in [4.69, 9.17) is 4.74 Å². The Bertz CT molecular complexity index is 810. The average Bonchev–Trinajstić information content (AvgIpc) is 3.02. The molecule has 1 amide bonds. The van der Waals surface area contributed by atoms with Crippen molar-refractivity contribution in [2.75, 3.05) is 25.5 Å². The summed E-state index contributed by atoms with van der Waals surface area (Å²) in [6, 6.07) is 8.93. The van der Waals surface area contributed by atoms with Crippen molar-refractivity contribution in [2.45, 2.75) is 25.8 Å². The first kappa shape index (κ1) is 18.3. The molecule has 2 aromatic carbocycles. The highest BCUT2D eigenvalue weighted by molar-refractivity contribution is 5.91. The second-order valence-electron chi connectivity index (χ2n) is 6.63. The van der Waals surface area contributed by atoms with Gasteiger partial charge >= 0.3 is 6.09 Å². The molecule has 0 aromatic heterocycles. The number of amides is 1. The molecule has 1 heterocycles. The molecule has 1 N–H and O–H groups in total. The molecule has 0 saturated carbocycles. The number of nitrogens with zero attached hydrogens (tertiary/aromatic N) is 1. The maximum Gasteiger partial charge on any atom is 0.411 e. The molecule has 2 aromatic rings. The Kier molecular flexibility index (Phi) is 5.52. The Morgan fingerprint density at radius 2 is 2.08 bits per heavy atom. The number of nitrogens with one attached hydrogen (secondary N) is 1. The average molecular weight is 360 g/mol. The number of carbonyl (C=O) groups excluding carboxylic acids is 1. The van der Waals surface area contributed by atoms with Gasteiger partial charge in [-0.2, -0.15) is 0 Å². The van der Waals surface area contributed by atoms with Crippen LogP contribution in [0.1, 0.15) is 18.4 Å². The van der Waals surface area contributed by atoms with Crippen LogP contribution < -0.4 is 5.32 Å². The number of likely N-dealkylation sites (N-methyl/N-ethyl adjacent to an activating group) is 1. The molecular formula is C20H22F2N2O2. The van der Waals surface area contributed by atoms with Crippen LogP contribution in [0.5, 0.6) is 0 Å². The van der Waals surface area contributed by atoms with Gasteiger partial charge in [-0.3, -0.25) is 5.32 Å². The fourth-order valence-corrected chi connectivity index (χ4v) is 3.21. The van der Waals surface area contributed by atoms with E-state index < -0.39 is 17.7 Å². The smallest absolute Gasteiger partial charge is 0.411 e. The SMILES string of the molecule is Cc1cccc(-c2cc(F)ccc2NC(=O)OC[C@@H]2CCCN2C)c1F. The normalized spacial score (nSPS) is 17.3. The second-order valence-corrected chi connectivity index (χ2v) is 6.63. The van der Waals surface area contributed by atoms with Gasteiger partial charge in [0, 0.05) is 17.2 Å². The Hall–Kier alpha value is -2.47. The van der Waals surface area contributed by atoms with Crippen molar-refractivity contribution in [3.63, 3.8) is 0 Å². The van der Waals surface area contributed by atoms with E-state index >= 15 is 0 Å². The lowest BCUT2D eigenvalue weighted by Gasteiger charge is -2.19. The number of benzene rings is 2. The summed E-state index contributed by atoms with van der Waals surface area (Å²) in [6.07, 6.45) is 1.44. The van der Waals surface area contributed by atoms with E-state index in [1.165, 1.54) is 18.2 Å². The number of hydrogen-bond acceptors (Lipinski definition) is 3. The standard InChI is InChI=1S/C20H22F2N2O2/c1-13-5-3-7-16(19(13)22)17-11-14(21)8-9-18(17)23-20(25)26-12-15-6-4-10-24(15)2/h3,5,7-9,11,15H,4,6,10,12H2,1-2H3,(H,23,25)/t15-/m0/s1. The van der Waals surface area contributed by atoms with Crippen molar-refractivity contribution in [3.05, 3.63) is 53.6 Å². The third-order valence-electron chi connectivity index (χ3n) is 4.78. The summed E-state index contributed by atoms with van der Waals surface area (Å²) < 4.78 is 33.5. The van der Waals surface area contributed by atoms with Gasteiger partial charge in [-0.25, -0.2) is 13.6 Å². The van der Waals surface area contributed by atoms with Crippen molar-refractivity contribution in [2.24, 2.45) is 0 Å². The minimum absolute atomic E-state index is 0.211. The van der Waals surface area contributed by atoms with Gasteiger partial charge in [-0.15, -0.1) is 0 Å². The molecule has 0 spiro atoms.